The van der Waals surface area contributed by atoms with E-state index in [1.54, 1.807) is 6.07 Å². The number of hydrogen-bond donors (Lipinski definition) is 1. The van der Waals surface area contributed by atoms with E-state index in [0.29, 0.717) is 5.02 Å². The topological polar surface area (TPSA) is 12.0 Å². The normalized spacial score (nSPS) is 10.8. The van der Waals surface area contributed by atoms with Crippen LogP contribution in [0.25, 0.3) is 0 Å². The van der Waals surface area contributed by atoms with Crippen LogP contribution in [0.1, 0.15) is 31.2 Å². The second-order valence-electron chi connectivity index (χ2n) is 4.32. The maximum atomic E-state index is 6.10. The van der Waals surface area contributed by atoms with Crippen LogP contribution in [0.4, 0.5) is 0 Å². The third-order valence-electron chi connectivity index (χ3n) is 2.78. The van der Waals surface area contributed by atoms with Crippen LogP contribution in [0.3, 0.4) is 0 Å². The summed E-state index contributed by atoms with van der Waals surface area (Å²) < 4.78 is 0. The molecule has 0 spiro atoms. The standard InChI is InChI=1S/C14H21Cl2NS/c1-18-9-5-3-2-4-8-17-11-12-6-7-13(15)10-14(12)16/h6-7,10,17H,2-5,8-9,11H2,1H3. The quantitative estimate of drug-likeness (QED) is 0.644. The summed E-state index contributed by atoms with van der Waals surface area (Å²) in [5.74, 6) is 1.29. The highest BCUT2D eigenvalue weighted by Crippen LogP contribution is 2.20. The lowest BCUT2D eigenvalue weighted by Crippen LogP contribution is -2.14. The second kappa shape index (κ2) is 9.96. The van der Waals surface area contributed by atoms with Gasteiger partial charge < -0.3 is 5.32 Å². The Morgan fingerprint density at radius 2 is 1.89 bits per heavy atom. The zero-order valence-corrected chi connectivity index (χ0v) is 13.2. The van der Waals surface area contributed by atoms with Crippen LogP contribution < -0.4 is 5.32 Å². The molecule has 18 heavy (non-hydrogen) atoms. The first-order valence-corrected chi connectivity index (χ1v) is 8.52. The molecule has 1 nitrogen and oxygen atoms in total. The Morgan fingerprint density at radius 1 is 1.11 bits per heavy atom. The van der Waals surface area contributed by atoms with Gasteiger partial charge in [0, 0.05) is 16.6 Å². The van der Waals surface area contributed by atoms with Gasteiger partial charge in [-0.3, -0.25) is 0 Å². The Balaban J connectivity index is 2.07. The molecule has 0 unspecified atom stereocenters. The van der Waals surface area contributed by atoms with E-state index in [-0.39, 0.29) is 0 Å². The molecule has 0 saturated heterocycles. The average Bonchev–Trinajstić information content (AvgIpc) is 2.35. The van der Waals surface area contributed by atoms with Crippen molar-refractivity contribution in [1.82, 2.24) is 5.32 Å². The number of halogens is 2. The van der Waals surface area contributed by atoms with Crippen molar-refractivity contribution >= 4 is 35.0 Å². The molecule has 1 aromatic rings. The minimum absolute atomic E-state index is 0.692. The van der Waals surface area contributed by atoms with Gasteiger partial charge >= 0.3 is 0 Å². The average molecular weight is 306 g/mol. The van der Waals surface area contributed by atoms with Crippen LogP contribution in [-0.2, 0) is 6.54 Å². The molecular formula is C14H21Cl2NS. The molecule has 1 aromatic carbocycles. The van der Waals surface area contributed by atoms with Gasteiger partial charge in [-0.1, -0.05) is 42.1 Å². The van der Waals surface area contributed by atoms with E-state index >= 15 is 0 Å². The van der Waals surface area contributed by atoms with Gasteiger partial charge in [0.2, 0.25) is 0 Å². The Hall–Kier alpha value is 0.110. The fraction of sp³-hybridized carbons (Fsp3) is 0.571. The van der Waals surface area contributed by atoms with Gasteiger partial charge in [0.25, 0.3) is 0 Å². The van der Waals surface area contributed by atoms with Gasteiger partial charge in [-0.05, 0) is 49.1 Å². The molecular weight excluding hydrogens is 285 g/mol. The van der Waals surface area contributed by atoms with Crippen LogP contribution in [0.15, 0.2) is 18.2 Å². The van der Waals surface area contributed by atoms with E-state index in [4.69, 9.17) is 23.2 Å². The number of hydrogen-bond acceptors (Lipinski definition) is 2. The summed E-state index contributed by atoms with van der Waals surface area (Å²) in [6, 6.07) is 5.66. The van der Waals surface area contributed by atoms with E-state index < -0.39 is 0 Å². The Bertz CT molecular complexity index is 345. The van der Waals surface area contributed by atoms with Crippen molar-refractivity contribution in [2.24, 2.45) is 0 Å². The highest BCUT2D eigenvalue weighted by Gasteiger charge is 2.00. The van der Waals surface area contributed by atoms with Crippen molar-refractivity contribution in [3.8, 4) is 0 Å². The van der Waals surface area contributed by atoms with E-state index in [9.17, 15) is 0 Å². The van der Waals surface area contributed by atoms with E-state index in [0.717, 1.165) is 23.7 Å². The number of rotatable bonds is 9. The molecule has 0 heterocycles. The molecule has 0 fully saturated rings. The summed E-state index contributed by atoms with van der Waals surface area (Å²) in [7, 11) is 0. The van der Waals surface area contributed by atoms with Crippen LogP contribution in [-0.4, -0.2) is 18.6 Å². The molecule has 1 rings (SSSR count). The second-order valence-corrected chi connectivity index (χ2v) is 6.15. The van der Waals surface area contributed by atoms with Crippen molar-refractivity contribution in [3.05, 3.63) is 33.8 Å². The van der Waals surface area contributed by atoms with Crippen molar-refractivity contribution in [2.45, 2.75) is 32.2 Å². The summed E-state index contributed by atoms with van der Waals surface area (Å²) in [5, 5.41) is 4.86. The molecule has 0 aliphatic heterocycles. The van der Waals surface area contributed by atoms with Gasteiger partial charge in [0.05, 0.1) is 0 Å². The SMILES string of the molecule is CSCCCCCCNCc1ccc(Cl)cc1Cl. The Morgan fingerprint density at radius 3 is 2.61 bits per heavy atom. The maximum Gasteiger partial charge on any atom is 0.0465 e. The van der Waals surface area contributed by atoms with Gasteiger partial charge in [0.1, 0.15) is 0 Å². The first-order chi connectivity index (χ1) is 8.74. The minimum Gasteiger partial charge on any atom is -0.313 e. The van der Waals surface area contributed by atoms with Crippen molar-refractivity contribution in [3.63, 3.8) is 0 Å². The fourth-order valence-corrected chi connectivity index (χ4v) is 2.71. The monoisotopic (exact) mass is 305 g/mol. The number of thioether (sulfide) groups is 1. The molecule has 0 radical (unpaired) electrons. The highest BCUT2D eigenvalue weighted by atomic mass is 35.5. The largest absolute Gasteiger partial charge is 0.313 e. The summed E-state index contributed by atoms with van der Waals surface area (Å²) in [5.41, 5.74) is 1.11. The van der Waals surface area contributed by atoms with E-state index in [1.165, 1.54) is 31.4 Å². The molecule has 0 aromatic heterocycles. The molecule has 4 heteroatoms. The van der Waals surface area contributed by atoms with Gasteiger partial charge in [-0.25, -0.2) is 0 Å². The summed E-state index contributed by atoms with van der Waals surface area (Å²) in [4.78, 5) is 0. The van der Waals surface area contributed by atoms with Crippen molar-refractivity contribution < 1.29 is 0 Å². The number of nitrogens with one attached hydrogen (secondary N) is 1. The lowest BCUT2D eigenvalue weighted by atomic mass is 10.2. The van der Waals surface area contributed by atoms with E-state index in [1.807, 2.05) is 23.9 Å². The Labute approximate surface area is 125 Å². The molecule has 0 saturated carbocycles. The van der Waals surface area contributed by atoms with E-state index in [2.05, 4.69) is 11.6 Å². The Kier molecular flexibility index (Phi) is 8.95. The highest BCUT2D eigenvalue weighted by molar-refractivity contribution is 7.98. The molecule has 1 N–H and O–H groups in total. The first kappa shape index (κ1) is 16.2. The molecule has 0 atom stereocenters. The van der Waals surface area contributed by atoms with Gasteiger partial charge in [0.15, 0.2) is 0 Å². The summed E-state index contributed by atoms with van der Waals surface area (Å²) in [6.07, 6.45) is 7.38. The zero-order chi connectivity index (χ0) is 13.2. The molecule has 0 bridgehead atoms. The van der Waals surface area contributed by atoms with Crippen LogP contribution in [0.5, 0.6) is 0 Å². The predicted molar refractivity (Wildman–Crippen MR) is 85.0 cm³/mol. The zero-order valence-electron chi connectivity index (χ0n) is 10.8. The minimum atomic E-state index is 0.692. The first-order valence-electron chi connectivity index (χ1n) is 6.37. The third-order valence-corrected chi connectivity index (χ3v) is 4.07. The van der Waals surface area contributed by atoms with Crippen LogP contribution in [0, 0.1) is 0 Å². The predicted octanol–water partition coefficient (Wildman–Crippen LogP) is 5.01. The lowest BCUT2D eigenvalue weighted by molar-refractivity contribution is 0.599. The lowest BCUT2D eigenvalue weighted by Gasteiger charge is -2.07. The molecule has 0 amide bonds. The third kappa shape index (κ3) is 6.89. The van der Waals surface area contributed by atoms with Gasteiger partial charge in [-0.2, -0.15) is 11.8 Å². The van der Waals surface area contributed by atoms with Crippen LogP contribution >= 0.6 is 35.0 Å². The maximum absolute atomic E-state index is 6.10. The molecule has 102 valence electrons. The number of unbranched alkanes of at least 4 members (excludes halogenated alkanes) is 3. The van der Waals surface area contributed by atoms with Crippen molar-refractivity contribution in [1.29, 1.82) is 0 Å². The van der Waals surface area contributed by atoms with Crippen LogP contribution in [0.2, 0.25) is 10.0 Å². The summed E-state index contributed by atoms with van der Waals surface area (Å²) >= 11 is 13.9. The fourth-order valence-electron chi connectivity index (χ4n) is 1.74. The number of benzene rings is 1. The van der Waals surface area contributed by atoms with Gasteiger partial charge in [-0.15, -0.1) is 0 Å². The summed E-state index contributed by atoms with van der Waals surface area (Å²) in [6.45, 7) is 1.87. The van der Waals surface area contributed by atoms with Crippen molar-refractivity contribution in [2.75, 3.05) is 18.6 Å². The molecule has 0 aliphatic carbocycles. The smallest absolute Gasteiger partial charge is 0.0465 e. The molecule has 0 aliphatic rings.